The van der Waals surface area contributed by atoms with E-state index < -0.39 is 0 Å². The van der Waals surface area contributed by atoms with Gasteiger partial charge in [-0.2, -0.15) is 0 Å². The minimum Gasteiger partial charge on any atom is -0.330 e. The summed E-state index contributed by atoms with van der Waals surface area (Å²) < 4.78 is 0. The molecule has 0 aromatic carbocycles. The van der Waals surface area contributed by atoms with Crippen molar-refractivity contribution in [1.29, 1.82) is 0 Å². The van der Waals surface area contributed by atoms with E-state index in [9.17, 15) is 0 Å². The number of nitrogens with two attached hydrogens (primary N) is 1. The lowest BCUT2D eigenvalue weighted by Crippen LogP contribution is -2.39. The van der Waals surface area contributed by atoms with E-state index in [1.807, 2.05) is 12.3 Å². The summed E-state index contributed by atoms with van der Waals surface area (Å²) >= 11 is 0. The van der Waals surface area contributed by atoms with Crippen molar-refractivity contribution in [3.63, 3.8) is 0 Å². The first kappa shape index (κ1) is 10.6. The fourth-order valence-corrected chi connectivity index (χ4v) is 2.52. The van der Waals surface area contributed by atoms with Crippen LogP contribution in [0.5, 0.6) is 0 Å². The molecule has 0 aliphatic carbocycles. The van der Waals surface area contributed by atoms with Crippen molar-refractivity contribution in [1.82, 2.24) is 9.88 Å². The van der Waals surface area contributed by atoms with Crippen molar-refractivity contribution in [3.05, 3.63) is 30.1 Å². The largest absolute Gasteiger partial charge is 0.330 e. The Morgan fingerprint density at radius 3 is 3.07 bits per heavy atom. The van der Waals surface area contributed by atoms with E-state index in [0.29, 0.717) is 12.0 Å². The summed E-state index contributed by atoms with van der Waals surface area (Å²) in [4.78, 5) is 6.83. The maximum absolute atomic E-state index is 5.84. The van der Waals surface area contributed by atoms with Gasteiger partial charge in [0.15, 0.2) is 0 Å². The van der Waals surface area contributed by atoms with Gasteiger partial charge in [0.05, 0.1) is 11.7 Å². The van der Waals surface area contributed by atoms with E-state index in [2.05, 4.69) is 29.1 Å². The second-order valence-corrected chi connectivity index (χ2v) is 4.32. The zero-order valence-corrected chi connectivity index (χ0v) is 9.26. The van der Waals surface area contributed by atoms with Crippen molar-refractivity contribution >= 4 is 0 Å². The summed E-state index contributed by atoms with van der Waals surface area (Å²) in [5.74, 6) is 0.554. The van der Waals surface area contributed by atoms with Gasteiger partial charge in [0, 0.05) is 6.20 Å². The van der Waals surface area contributed by atoms with Gasteiger partial charge in [-0.15, -0.1) is 0 Å². The van der Waals surface area contributed by atoms with Crippen LogP contribution in [0.3, 0.4) is 0 Å². The number of pyridine rings is 1. The molecule has 2 heterocycles. The van der Waals surface area contributed by atoms with E-state index in [4.69, 9.17) is 5.73 Å². The van der Waals surface area contributed by atoms with E-state index >= 15 is 0 Å². The second-order valence-electron chi connectivity index (χ2n) is 4.32. The van der Waals surface area contributed by atoms with Crippen LogP contribution in [-0.4, -0.2) is 30.0 Å². The smallest absolute Gasteiger partial charge is 0.0578 e. The van der Waals surface area contributed by atoms with Gasteiger partial charge in [-0.3, -0.25) is 9.88 Å². The molecule has 1 saturated heterocycles. The fourth-order valence-electron chi connectivity index (χ4n) is 2.52. The molecule has 0 amide bonds. The van der Waals surface area contributed by atoms with Gasteiger partial charge in [-0.1, -0.05) is 6.07 Å². The number of rotatable bonds is 2. The molecular weight excluding hydrogens is 186 g/mol. The molecule has 2 rings (SSSR count). The molecule has 1 fully saturated rings. The molecule has 1 aliphatic rings. The minimum absolute atomic E-state index is 0.407. The molecule has 2 N–H and O–H groups in total. The van der Waals surface area contributed by atoms with Crippen LogP contribution in [0.4, 0.5) is 0 Å². The van der Waals surface area contributed by atoms with Gasteiger partial charge < -0.3 is 5.73 Å². The average Bonchev–Trinajstić information content (AvgIpc) is 2.29. The van der Waals surface area contributed by atoms with Crippen LogP contribution >= 0.6 is 0 Å². The predicted octanol–water partition coefficient (Wildman–Crippen LogP) is 1.42. The fraction of sp³-hybridized carbons (Fsp3) is 0.583. The Kier molecular flexibility index (Phi) is 3.34. The van der Waals surface area contributed by atoms with Crippen molar-refractivity contribution in [2.45, 2.75) is 18.9 Å². The number of nitrogens with zero attached hydrogens (tertiary/aromatic N) is 2. The number of likely N-dealkylation sites (tertiary alicyclic amines) is 1. The quantitative estimate of drug-likeness (QED) is 0.794. The van der Waals surface area contributed by atoms with E-state index in [1.54, 1.807) is 0 Å². The SMILES string of the molecule is CN1CCC[C@H](CN)[C@H]1c1ccccn1. The highest BCUT2D eigenvalue weighted by Gasteiger charge is 2.30. The zero-order chi connectivity index (χ0) is 10.7. The highest BCUT2D eigenvalue weighted by molar-refractivity contribution is 5.11. The molecular formula is C12H19N3. The van der Waals surface area contributed by atoms with Gasteiger partial charge in [-0.05, 0) is 51.0 Å². The standard InChI is InChI=1S/C12H19N3/c1-15-8-4-5-10(9-13)12(15)11-6-2-3-7-14-11/h2-3,6-7,10,12H,4-5,8-9,13H2,1H3/t10-,12+/m1/s1. The molecule has 1 aliphatic heterocycles. The van der Waals surface area contributed by atoms with Crippen molar-refractivity contribution in [3.8, 4) is 0 Å². The third-order valence-corrected chi connectivity index (χ3v) is 3.30. The zero-order valence-electron chi connectivity index (χ0n) is 9.26. The monoisotopic (exact) mass is 205 g/mol. The van der Waals surface area contributed by atoms with Gasteiger partial charge in [0.1, 0.15) is 0 Å². The highest BCUT2D eigenvalue weighted by Crippen LogP contribution is 2.32. The number of hydrogen-bond donors (Lipinski definition) is 1. The first-order chi connectivity index (χ1) is 7.33. The van der Waals surface area contributed by atoms with Crippen molar-refractivity contribution in [2.75, 3.05) is 20.1 Å². The number of hydrogen-bond acceptors (Lipinski definition) is 3. The van der Waals surface area contributed by atoms with Crippen LogP contribution in [0.1, 0.15) is 24.6 Å². The van der Waals surface area contributed by atoms with Crippen LogP contribution in [0.2, 0.25) is 0 Å². The van der Waals surface area contributed by atoms with Gasteiger partial charge in [0.2, 0.25) is 0 Å². The summed E-state index contributed by atoms with van der Waals surface area (Å²) in [6.07, 6.45) is 4.34. The molecule has 82 valence electrons. The Balaban J connectivity index is 2.23. The Bertz CT molecular complexity index is 299. The molecule has 2 atom stereocenters. The Morgan fingerprint density at radius 2 is 2.40 bits per heavy atom. The molecule has 0 spiro atoms. The molecule has 15 heavy (non-hydrogen) atoms. The molecule has 0 radical (unpaired) electrons. The van der Waals surface area contributed by atoms with Crippen molar-refractivity contribution < 1.29 is 0 Å². The van der Waals surface area contributed by atoms with Crippen LogP contribution in [0.15, 0.2) is 24.4 Å². The second kappa shape index (κ2) is 4.73. The summed E-state index contributed by atoms with van der Waals surface area (Å²) in [5.41, 5.74) is 7.00. The Hall–Kier alpha value is -0.930. The summed E-state index contributed by atoms with van der Waals surface area (Å²) in [6, 6.07) is 6.53. The van der Waals surface area contributed by atoms with Crippen LogP contribution in [-0.2, 0) is 0 Å². The molecule has 3 nitrogen and oxygen atoms in total. The van der Waals surface area contributed by atoms with Gasteiger partial charge in [-0.25, -0.2) is 0 Å². The maximum atomic E-state index is 5.84. The molecule has 0 saturated carbocycles. The summed E-state index contributed by atoms with van der Waals surface area (Å²) in [6.45, 7) is 1.91. The predicted molar refractivity (Wildman–Crippen MR) is 61.4 cm³/mol. The Labute approximate surface area is 91.3 Å². The molecule has 3 heteroatoms. The van der Waals surface area contributed by atoms with E-state index in [-0.39, 0.29) is 0 Å². The third kappa shape index (κ3) is 2.19. The summed E-state index contributed by atoms with van der Waals surface area (Å²) in [7, 11) is 2.17. The normalized spacial score (nSPS) is 27.9. The number of aromatic nitrogens is 1. The van der Waals surface area contributed by atoms with Crippen molar-refractivity contribution in [2.24, 2.45) is 11.7 Å². The third-order valence-electron chi connectivity index (χ3n) is 3.30. The van der Waals surface area contributed by atoms with Crippen LogP contribution < -0.4 is 5.73 Å². The lowest BCUT2D eigenvalue weighted by atomic mass is 9.87. The topological polar surface area (TPSA) is 42.1 Å². The van der Waals surface area contributed by atoms with Crippen LogP contribution in [0.25, 0.3) is 0 Å². The molecule has 1 aromatic rings. The summed E-state index contributed by atoms with van der Waals surface area (Å²) in [5, 5.41) is 0. The van der Waals surface area contributed by atoms with E-state index in [1.165, 1.54) is 12.8 Å². The highest BCUT2D eigenvalue weighted by atomic mass is 15.2. The average molecular weight is 205 g/mol. The first-order valence-electron chi connectivity index (χ1n) is 5.64. The first-order valence-corrected chi connectivity index (χ1v) is 5.64. The van der Waals surface area contributed by atoms with Gasteiger partial charge in [0.25, 0.3) is 0 Å². The molecule has 0 bridgehead atoms. The molecule has 0 unspecified atom stereocenters. The van der Waals surface area contributed by atoms with Gasteiger partial charge >= 0.3 is 0 Å². The lowest BCUT2D eigenvalue weighted by molar-refractivity contribution is 0.122. The van der Waals surface area contributed by atoms with Crippen LogP contribution in [0, 0.1) is 5.92 Å². The lowest BCUT2D eigenvalue weighted by Gasteiger charge is -2.38. The Morgan fingerprint density at radius 1 is 1.53 bits per heavy atom. The molecule has 1 aromatic heterocycles. The maximum Gasteiger partial charge on any atom is 0.0578 e. The number of piperidine rings is 1. The minimum atomic E-state index is 0.407. The van der Waals surface area contributed by atoms with E-state index in [0.717, 1.165) is 18.8 Å².